The van der Waals surface area contributed by atoms with Gasteiger partial charge in [0, 0.05) is 0 Å². The Morgan fingerprint density at radius 3 is 2.68 bits per heavy atom. The number of likely N-dealkylation sites (tertiary alicyclic amines) is 1. The van der Waals surface area contributed by atoms with Gasteiger partial charge in [-0.05, 0) is 43.0 Å². The maximum absolute atomic E-state index is 12.9. The van der Waals surface area contributed by atoms with Gasteiger partial charge in [0.2, 0.25) is 5.91 Å². The van der Waals surface area contributed by atoms with E-state index in [4.69, 9.17) is 4.98 Å². The molecule has 4 rings (SSSR count). The minimum atomic E-state index is 0.0391. The topological polar surface area (TPSA) is 45.2 Å². The Balaban J connectivity index is 1.45. The summed E-state index contributed by atoms with van der Waals surface area (Å²) in [6, 6.07) is 18.8. The molecule has 3 aromatic rings. The van der Waals surface area contributed by atoms with E-state index in [9.17, 15) is 4.79 Å². The van der Waals surface area contributed by atoms with E-state index in [1.807, 2.05) is 24.3 Å². The van der Waals surface area contributed by atoms with E-state index >= 15 is 0 Å². The number of hydrogen-bond donors (Lipinski definition) is 1. The van der Waals surface area contributed by atoms with Crippen molar-refractivity contribution in [2.45, 2.75) is 38.8 Å². The lowest BCUT2D eigenvalue weighted by molar-refractivity contribution is -0.123. The lowest BCUT2D eigenvalue weighted by Crippen LogP contribution is -2.40. The maximum atomic E-state index is 12.9. The second kappa shape index (κ2) is 8.41. The number of aromatic nitrogens is 1. The molecule has 2 heterocycles. The first-order valence-corrected chi connectivity index (χ1v) is 10.9. The van der Waals surface area contributed by atoms with E-state index in [0.717, 1.165) is 35.5 Å². The van der Waals surface area contributed by atoms with Gasteiger partial charge in [0.1, 0.15) is 5.01 Å². The SMILES string of the molecule is CC(C)C(NC(=O)CN1CCCC1c1nc2ccccc2s1)c1ccccc1. The molecule has 1 fully saturated rings. The molecule has 0 aliphatic carbocycles. The van der Waals surface area contributed by atoms with Crippen LogP contribution in [0.15, 0.2) is 54.6 Å². The lowest BCUT2D eigenvalue weighted by Gasteiger charge is -2.26. The van der Waals surface area contributed by atoms with Gasteiger partial charge in [0.25, 0.3) is 0 Å². The first kappa shape index (κ1) is 19.1. The first-order valence-electron chi connectivity index (χ1n) is 10.1. The van der Waals surface area contributed by atoms with Crippen LogP contribution in [0.25, 0.3) is 10.2 Å². The van der Waals surface area contributed by atoms with Crippen molar-refractivity contribution in [1.82, 2.24) is 15.2 Å². The van der Waals surface area contributed by atoms with E-state index in [0.29, 0.717) is 12.5 Å². The Kier molecular flexibility index (Phi) is 5.74. The van der Waals surface area contributed by atoms with Crippen LogP contribution in [0, 0.1) is 5.92 Å². The summed E-state index contributed by atoms with van der Waals surface area (Å²) in [5, 5.41) is 4.39. The van der Waals surface area contributed by atoms with Gasteiger partial charge in [0.15, 0.2) is 0 Å². The Hall–Kier alpha value is -2.24. The van der Waals surface area contributed by atoms with Crippen LogP contribution >= 0.6 is 11.3 Å². The molecule has 1 aromatic heterocycles. The molecule has 1 N–H and O–H groups in total. The fourth-order valence-corrected chi connectivity index (χ4v) is 5.16. The molecule has 2 unspecified atom stereocenters. The van der Waals surface area contributed by atoms with Crippen molar-refractivity contribution < 1.29 is 4.79 Å². The first-order chi connectivity index (χ1) is 13.6. The number of benzene rings is 2. The van der Waals surface area contributed by atoms with Gasteiger partial charge in [-0.3, -0.25) is 9.69 Å². The summed E-state index contributed by atoms with van der Waals surface area (Å²) in [5.74, 6) is 0.431. The van der Waals surface area contributed by atoms with Crippen LogP contribution in [0.2, 0.25) is 0 Å². The monoisotopic (exact) mass is 393 g/mol. The van der Waals surface area contributed by atoms with Crippen LogP contribution in [0.3, 0.4) is 0 Å². The molecular formula is C23H27N3OS. The molecule has 0 bridgehead atoms. The number of amides is 1. The van der Waals surface area contributed by atoms with E-state index < -0.39 is 0 Å². The average Bonchev–Trinajstić information content (AvgIpc) is 3.32. The van der Waals surface area contributed by atoms with Gasteiger partial charge in [-0.15, -0.1) is 11.3 Å². The Morgan fingerprint density at radius 1 is 1.18 bits per heavy atom. The van der Waals surface area contributed by atoms with E-state index in [1.54, 1.807) is 11.3 Å². The standard InChI is InChI=1S/C23H27N3OS/c1-16(2)22(17-9-4-3-5-10-17)25-21(27)15-26-14-8-12-19(26)23-24-18-11-6-7-13-20(18)28-23/h3-7,9-11,13,16,19,22H,8,12,14-15H2,1-2H3,(H,25,27). The zero-order valence-corrected chi connectivity index (χ0v) is 17.3. The van der Waals surface area contributed by atoms with Crippen LogP contribution in [-0.4, -0.2) is 28.9 Å². The molecule has 5 heteroatoms. The third-order valence-electron chi connectivity index (χ3n) is 5.45. The number of hydrogen-bond acceptors (Lipinski definition) is 4. The number of thiazole rings is 1. The third kappa shape index (κ3) is 4.10. The summed E-state index contributed by atoms with van der Waals surface area (Å²) >= 11 is 1.76. The minimum Gasteiger partial charge on any atom is -0.348 e. The zero-order chi connectivity index (χ0) is 19.5. The van der Waals surface area contributed by atoms with Crippen molar-refractivity contribution in [3.8, 4) is 0 Å². The van der Waals surface area contributed by atoms with Gasteiger partial charge >= 0.3 is 0 Å². The van der Waals surface area contributed by atoms with Gasteiger partial charge in [-0.1, -0.05) is 56.3 Å². The number of carbonyl (C=O) groups excluding carboxylic acids is 1. The second-order valence-electron chi connectivity index (χ2n) is 7.85. The Labute approximate surface area is 170 Å². The number of fused-ring (bicyclic) bond motifs is 1. The fourth-order valence-electron chi connectivity index (χ4n) is 4.03. The predicted molar refractivity (Wildman–Crippen MR) is 115 cm³/mol. The largest absolute Gasteiger partial charge is 0.348 e. The number of para-hydroxylation sites is 1. The Bertz CT molecular complexity index is 904. The molecule has 1 aliphatic heterocycles. The van der Waals surface area contributed by atoms with Crippen LogP contribution < -0.4 is 5.32 Å². The van der Waals surface area contributed by atoms with E-state index in [-0.39, 0.29) is 18.0 Å². The quantitative estimate of drug-likeness (QED) is 0.645. The van der Waals surface area contributed by atoms with Crippen LogP contribution in [-0.2, 0) is 4.79 Å². The van der Waals surface area contributed by atoms with Crippen LogP contribution in [0.1, 0.15) is 49.3 Å². The molecule has 2 atom stereocenters. The van der Waals surface area contributed by atoms with Crippen molar-refractivity contribution in [1.29, 1.82) is 0 Å². The summed E-state index contributed by atoms with van der Waals surface area (Å²) in [6.07, 6.45) is 2.18. The van der Waals surface area contributed by atoms with Gasteiger partial charge in [0.05, 0.1) is 28.8 Å². The molecule has 1 saturated heterocycles. The number of rotatable bonds is 6. The summed E-state index contributed by atoms with van der Waals surface area (Å²) in [6.45, 7) is 5.68. The van der Waals surface area contributed by atoms with E-state index in [2.05, 4.69) is 54.4 Å². The molecule has 0 saturated carbocycles. The maximum Gasteiger partial charge on any atom is 0.234 e. The zero-order valence-electron chi connectivity index (χ0n) is 16.5. The molecule has 0 spiro atoms. The van der Waals surface area contributed by atoms with Gasteiger partial charge < -0.3 is 5.32 Å². The van der Waals surface area contributed by atoms with Crippen LogP contribution in [0.4, 0.5) is 0 Å². The summed E-state index contributed by atoms with van der Waals surface area (Å²) < 4.78 is 1.22. The van der Waals surface area contributed by atoms with Crippen LogP contribution in [0.5, 0.6) is 0 Å². The second-order valence-corrected chi connectivity index (χ2v) is 8.91. The molecule has 28 heavy (non-hydrogen) atoms. The Morgan fingerprint density at radius 2 is 1.93 bits per heavy atom. The van der Waals surface area contributed by atoms with Crippen molar-refractivity contribution in [2.75, 3.05) is 13.1 Å². The molecule has 0 radical (unpaired) electrons. The molecule has 146 valence electrons. The average molecular weight is 394 g/mol. The molecule has 1 aliphatic rings. The predicted octanol–water partition coefficient (Wildman–Crippen LogP) is 4.95. The van der Waals surface area contributed by atoms with Gasteiger partial charge in [-0.2, -0.15) is 0 Å². The molecule has 4 nitrogen and oxygen atoms in total. The highest BCUT2D eigenvalue weighted by molar-refractivity contribution is 7.18. The third-order valence-corrected chi connectivity index (χ3v) is 6.59. The smallest absolute Gasteiger partial charge is 0.234 e. The fraction of sp³-hybridized carbons (Fsp3) is 0.391. The highest BCUT2D eigenvalue weighted by atomic mass is 32.1. The molecule has 2 aromatic carbocycles. The van der Waals surface area contributed by atoms with Crippen molar-refractivity contribution >= 4 is 27.5 Å². The molecule has 1 amide bonds. The highest BCUT2D eigenvalue weighted by Gasteiger charge is 2.30. The number of nitrogens with zero attached hydrogens (tertiary/aromatic N) is 2. The van der Waals surface area contributed by atoms with Crippen molar-refractivity contribution in [3.05, 3.63) is 65.2 Å². The summed E-state index contributed by atoms with van der Waals surface area (Å²) in [4.78, 5) is 20.0. The van der Waals surface area contributed by atoms with Crippen molar-refractivity contribution in [3.63, 3.8) is 0 Å². The van der Waals surface area contributed by atoms with Gasteiger partial charge in [-0.25, -0.2) is 4.98 Å². The number of nitrogens with one attached hydrogen (secondary N) is 1. The number of carbonyl (C=O) groups is 1. The van der Waals surface area contributed by atoms with Crippen molar-refractivity contribution in [2.24, 2.45) is 5.92 Å². The summed E-state index contributed by atoms with van der Waals surface area (Å²) in [5.41, 5.74) is 2.22. The minimum absolute atomic E-state index is 0.0391. The normalized spacial score (nSPS) is 18.6. The highest BCUT2D eigenvalue weighted by Crippen LogP contribution is 2.36. The molecular weight excluding hydrogens is 366 g/mol. The van der Waals surface area contributed by atoms with E-state index in [1.165, 1.54) is 4.70 Å². The lowest BCUT2D eigenvalue weighted by atomic mass is 9.96. The summed E-state index contributed by atoms with van der Waals surface area (Å²) in [7, 11) is 0.